The van der Waals surface area contributed by atoms with Crippen molar-refractivity contribution in [3.8, 4) is 0 Å². The van der Waals surface area contributed by atoms with Crippen LogP contribution in [0.5, 0.6) is 0 Å². The first-order chi connectivity index (χ1) is 14.9. The number of aliphatic hydroxyl groups is 2. The number of amides is 1. The molecule has 1 saturated heterocycles. The highest BCUT2D eigenvalue weighted by Gasteiger charge is 2.44. The summed E-state index contributed by atoms with van der Waals surface area (Å²) in [5, 5.41) is 20.9. The van der Waals surface area contributed by atoms with E-state index < -0.39 is 36.4 Å². The maximum atomic E-state index is 12.9. The number of benzene rings is 2. The molecule has 0 aliphatic carbocycles. The number of nitrogens with zero attached hydrogens (tertiary/aromatic N) is 1. The third-order valence-corrected chi connectivity index (χ3v) is 5.51. The highest BCUT2D eigenvalue weighted by Crippen LogP contribution is 2.30. The average molecular weight is 427 g/mol. The predicted octanol–water partition coefficient (Wildman–Crippen LogP) is 2.22. The van der Waals surface area contributed by atoms with Crippen LogP contribution >= 0.6 is 0 Å². The van der Waals surface area contributed by atoms with E-state index in [-0.39, 0.29) is 18.9 Å². The molecule has 2 aromatic rings. The zero-order chi connectivity index (χ0) is 22.4. The molecule has 1 amide bonds. The quantitative estimate of drug-likeness (QED) is 0.596. The molecule has 5 atom stereocenters. The van der Waals surface area contributed by atoms with Crippen molar-refractivity contribution in [3.63, 3.8) is 0 Å². The van der Waals surface area contributed by atoms with Crippen LogP contribution in [-0.4, -0.2) is 58.0 Å². The van der Waals surface area contributed by atoms with E-state index in [1.807, 2.05) is 67.6 Å². The van der Waals surface area contributed by atoms with E-state index in [1.165, 1.54) is 11.8 Å². The van der Waals surface area contributed by atoms with Gasteiger partial charge in [-0.1, -0.05) is 60.7 Å². The Bertz CT molecular complexity index is 859. The van der Waals surface area contributed by atoms with Gasteiger partial charge in [0.2, 0.25) is 0 Å². The first-order valence-electron chi connectivity index (χ1n) is 10.4. The van der Waals surface area contributed by atoms with Crippen molar-refractivity contribution in [2.45, 2.75) is 57.3 Å². The van der Waals surface area contributed by atoms with Gasteiger partial charge in [-0.3, -0.25) is 4.79 Å². The number of ether oxygens (including phenoxy) is 2. The van der Waals surface area contributed by atoms with E-state index >= 15 is 0 Å². The Morgan fingerprint density at radius 1 is 1.00 bits per heavy atom. The minimum absolute atomic E-state index is 0.101. The molecule has 7 nitrogen and oxygen atoms in total. The number of cyclic esters (lactones) is 1. The fraction of sp³-hybridized carbons (Fsp3) is 0.417. The fourth-order valence-corrected chi connectivity index (χ4v) is 3.71. The summed E-state index contributed by atoms with van der Waals surface area (Å²) in [5.74, 6) is -0.922. The van der Waals surface area contributed by atoms with Crippen LogP contribution in [0.1, 0.15) is 37.4 Å². The van der Waals surface area contributed by atoms with E-state index in [0.717, 1.165) is 11.1 Å². The lowest BCUT2D eigenvalue weighted by Crippen LogP contribution is -2.58. The Hall–Kier alpha value is -2.74. The zero-order valence-corrected chi connectivity index (χ0v) is 17.8. The minimum atomic E-state index is -1.26. The summed E-state index contributed by atoms with van der Waals surface area (Å²) in [5.41, 5.74) is 1.81. The van der Waals surface area contributed by atoms with Gasteiger partial charge in [0.05, 0.1) is 25.4 Å². The van der Waals surface area contributed by atoms with Crippen molar-refractivity contribution in [2.24, 2.45) is 0 Å². The number of esters is 1. The van der Waals surface area contributed by atoms with Crippen LogP contribution in [0.4, 0.5) is 0 Å². The molecule has 2 N–H and O–H groups in total. The Balaban J connectivity index is 1.66. The molecule has 1 heterocycles. The van der Waals surface area contributed by atoms with Gasteiger partial charge in [0.1, 0.15) is 12.1 Å². The van der Waals surface area contributed by atoms with E-state index in [9.17, 15) is 19.8 Å². The van der Waals surface area contributed by atoms with Crippen molar-refractivity contribution in [3.05, 3.63) is 71.8 Å². The van der Waals surface area contributed by atoms with E-state index in [2.05, 4.69) is 0 Å². The summed E-state index contributed by atoms with van der Waals surface area (Å²) in [7, 11) is 0. The van der Waals surface area contributed by atoms with E-state index in [1.54, 1.807) is 0 Å². The molecule has 1 fully saturated rings. The molecule has 7 heteroatoms. The highest BCUT2D eigenvalue weighted by atomic mass is 16.6. The molecule has 0 unspecified atom stereocenters. The second-order valence-corrected chi connectivity index (χ2v) is 7.80. The third-order valence-electron chi connectivity index (χ3n) is 5.51. The number of aliphatic hydroxyl groups excluding tert-OH is 2. The summed E-state index contributed by atoms with van der Waals surface area (Å²) < 4.78 is 10.7. The van der Waals surface area contributed by atoms with Crippen LogP contribution in [0, 0.1) is 0 Å². The number of rotatable bonds is 9. The molecule has 31 heavy (non-hydrogen) atoms. The molecule has 0 bridgehead atoms. The van der Waals surface area contributed by atoms with Gasteiger partial charge in [-0.05, 0) is 25.0 Å². The monoisotopic (exact) mass is 427 g/mol. The number of carbonyl (C=O) groups is 2. The molecule has 0 radical (unpaired) electrons. The van der Waals surface area contributed by atoms with Crippen molar-refractivity contribution in [2.75, 3.05) is 6.61 Å². The summed E-state index contributed by atoms with van der Waals surface area (Å²) in [6, 6.07) is 17.4. The van der Waals surface area contributed by atoms with Crippen molar-refractivity contribution < 1.29 is 29.3 Å². The zero-order valence-electron chi connectivity index (χ0n) is 17.8. The van der Waals surface area contributed by atoms with Crippen molar-refractivity contribution >= 4 is 11.9 Å². The summed E-state index contributed by atoms with van der Waals surface area (Å²) in [6.07, 6.45) is -3.52. The first kappa shape index (κ1) is 22.9. The van der Waals surface area contributed by atoms with Crippen LogP contribution in [0.2, 0.25) is 0 Å². The SMILES string of the molecule is C[C@@H]1OC(=O)[C@@H](C[C@H](O)[C@@H](O)COCc2ccccc2)N([C@@H](C)c2ccccc2)C1=O. The Morgan fingerprint density at radius 3 is 2.26 bits per heavy atom. The van der Waals surface area contributed by atoms with Gasteiger partial charge >= 0.3 is 5.97 Å². The van der Waals surface area contributed by atoms with E-state index in [0.29, 0.717) is 6.61 Å². The Kier molecular flexibility index (Phi) is 7.79. The highest BCUT2D eigenvalue weighted by molar-refractivity contribution is 5.92. The lowest BCUT2D eigenvalue weighted by molar-refractivity contribution is -0.182. The molecular formula is C24H29NO6. The Labute approximate surface area is 182 Å². The molecule has 166 valence electrons. The maximum Gasteiger partial charge on any atom is 0.329 e. The fourth-order valence-electron chi connectivity index (χ4n) is 3.71. The molecule has 2 aromatic carbocycles. The molecule has 1 aliphatic heterocycles. The van der Waals surface area contributed by atoms with Crippen LogP contribution in [0.25, 0.3) is 0 Å². The Morgan fingerprint density at radius 2 is 1.61 bits per heavy atom. The first-order valence-corrected chi connectivity index (χ1v) is 10.4. The largest absolute Gasteiger partial charge is 0.451 e. The summed E-state index contributed by atoms with van der Waals surface area (Å²) in [4.78, 5) is 26.9. The van der Waals surface area contributed by atoms with Gasteiger partial charge in [-0.25, -0.2) is 4.79 Å². The second kappa shape index (κ2) is 10.5. The van der Waals surface area contributed by atoms with Gasteiger partial charge < -0.3 is 24.6 Å². The average Bonchev–Trinajstić information content (AvgIpc) is 2.78. The number of morpholine rings is 1. The lowest BCUT2D eigenvalue weighted by Gasteiger charge is -2.41. The van der Waals surface area contributed by atoms with Crippen molar-refractivity contribution in [1.82, 2.24) is 4.90 Å². The lowest BCUT2D eigenvalue weighted by atomic mass is 9.97. The van der Waals surface area contributed by atoms with Gasteiger partial charge in [0.15, 0.2) is 6.10 Å². The van der Waals surface area contributed by atoms with Crippen molar-refractivity contribution in [1.29, 1.82) is 0 Å². The minimum Gasteiger partial charge on any atom is -0.451 e. The topological polar surface area (TPSA) is 96.3 Å². The van der Waals surface area contributed by atoms with Gasteiger partial charge in [-0.15, -0.1) is 0 Å². The predicted molar refractivity (Wildman–Crippen MR) is 114 cm³/mol. The van der Waals surface area contributed by atoms with Gasteiger partial charge in [-0.2, -0.15) is 0 Å². The number of carbonyl (C=O) groups excluding carboxylic acids is 2. The normalized spacial score (nSPS) is 22.0. The number of hydrogen-bond donors (Lipinski definition) is 2. The van der Waals surface area contributed by atoms with Gasteiger partial charge in [0.25, 0.3) is 5.91 Å². The van der Waals surface area contributed by atoms with Crippen LogP contribution < -0.4 is 0 Å². The van der Waals surface area contributed by atoms with E-state index in [4.69, 9.17) is 9.47 Å². The second-order valence-electron chi connectivity index (χ2n) is 7.80. The molecule has 0 aromatic heterocycles. The standard InChI is InChI=1S/C24H29NO6/c1-16(19-11-7-4-8-12-19)25-20(24(29)31-17(2)23(25)28)13-21(26)22(27)15-30-14-18-9-5-3-6-10-18/h3-12,16-17,20-22,26-27H,13-15H2,1-2H3/t16-,17-,20+,21-,22-/m0/s1. The third kappa shape index (κ3) is 5.70. The maximum absolute atomic E-state index is 12.9. The van der Waals surface area contributed by atoms with Crippen LogP contribution in [-0.2, 0) is 25.7 Å². The molecule has 0 spiro atoms. The van der Waals surface area contributed by atoms with Crippen LogP contribution in [0.15, 0.2) is 60.7 Å². The van der Waals surface area contributed by atoms with Gasteiger partial charge in [0, 0.05) is 6.42 Å². The molecule has 1 aliphatic rings. The summed E-state index contributed by atoms with van der Waals surface area (Å²) >= 11 is 0. The molecule has 0 saturated carbocycles. The smallest absolute Gasteiger partial charge is 0.329 e. The summed E-state index contributed by atoms with van der Waals surface area (Å²) in [6.45, 7) is 3.56. The molecular weight excluding hydrogens is 398 g/mol. The number of hydrogen-bond acceptors (Lipinski definition) is 6. The van der Waals surface area contributed by atoms with Crippen LogP contribution in [0.3, 0.4) is 0 Å². The molecule has 3 rings (SSSR count).